The molecule has 1 unspecified atom stereocenters. The Morgan fingerprint density at radius 2 is 2.11 bits per heavy atom. The molecule has 0 fully saturated rings. The van der Waals surface area contributed by atoms with Gasteiger partial charge >= 0.3 is 6.18 Å². The minimum atomic E-state index is -4.33. The van der Waals surface area contributed by atoms with E-state index in [0.717, 1.165) is 17.0 Å². The van der Waals surface area contributed by atoms with Gasteiger partial charge in [-0.25, -0.2) is 0 Å². The quantitative estimate of drug-likeness (QED) is 0.930. The molecule has 1 atom stereocenters. The molecule has 0 aliphatic carbocycles. The Balaban J connectivity index is 2.18. The largest absolute Gasteiger partial charge is 0.416 e. The highest BCUT2D eigenvalue weighted by atomic mass is 32.1. The third kappa shape index (κ3) is 3.08. The average molecular weight is 272 g/mol. The predicted octanol–water partition coefficient (Wildman–Crippen LogP) is 3.40. The molecule has 0 amide bonds. The Morgan fingerprint density at radius 3 is 2.72 bits per heavy atom. The van der Waals surface area contributed by atoms with E-state index in [0.29, 0.717) is 12.0 Å². The van der Waals surface area contributed by atoms with Gasteiger partial charge < -0.3 is 5.73 Å². The van der Waals surface area contributed by atoms with Crippen LogP contribution in [0, 0.1) is 0 Å². The van der Waals surface area contributed by atoms with Crippen molar-refractivity contribution in [1.29, 1.82) is 0 Å². The summed E-state index contributed by atoms with van der Waals surface area (Å²) in [5, 5.41) is 0. The molecule has 1 aromatic heterocycles. The number of nitrogens with zero attached hydrogens (tertiary/aromatic N) is 1. The normalized spacial score (nSPS) is 13.6. The van der Waals surface area contributed by atoms with Crippen LogP contribution in [0.4, 0.5) is 13.2 Å². The van der Waals surface area contributed by atoms with E-state index in [9.17, 15) is 13.2 Å². The minimum Gasteiger partial charge on any atom is -0.324 e. The third-order valence-corrected chi connectivity index (χ3v) is 3.35. The molecule has 1 aromatic carbocycles. The fourth-order valence-corrected chi connectivity index (χ4v) is 2.28. The van der Waals surface area contributed by atoms with Gasteiger partial charge in [-0.15, -0.1) is 11.3 Å². The van der Waals surface area contributed by atoms with Crippen LogP contribution >= 0.6 is 11.3 Å². The van der Waals surface area contributed by atoms with Crippen LogP contribution in [0.25, 0.3) is 0 Å². The Kier molecular flexibility index (Phi) is 3.68. The van der Waals surface area contributed by atoms with Crippen molar-refractivity contribution in [1.82, 2.24) is 4.98 Å². The summed E-state index contributed by atoms with van der Waals surface area (Å²) >= 11 is 1.44. The van der Waals surface area contributed by atoms with Gasteiger partial charge in [-0.1, -0.05) is 12.1 Å². The van der Waals surface area contributed by atoms with E-state index >= 15 is 0 Å². The molecule has 0 radical (unpaired) electrons. The molecule has 0 bridgehead atoms. The van der Waals surface area contributed by atoms with Crippen molar-refractivity contribution in [2.24, 2.45) is 5.73 Å². The van der Waals surface area contributed by atoms with E-state index in [4.69, 9.17) is 5.73 Å². The van der Waals surface area contributed by atoms with Gasteiger partial charge in [-0.3, -0.25) is 4.98 Å². The van der Waals surface area contributed by atoms with Crippen molar-refractivity contribution < 1.29 is 13.2 Å². The second-order valence-electron chi connectivity index (χ2n) is 3.90. The lowest BCUT2D eigenvalue weighted by Crippen LogP contribution is -2.14. The van der Waals surface area contributed by atoms with Gasteiger partial charge in [0.15, 0.2) is 0 Å². The standard InChI is InChI=1S/C12H11F3N2S/c13-12(14,15)9-3-1-2-8(4-9)11(16)5-10-6-17-7-18-10/h1-4,6-7,11H,5,16H2. The van der Waals surface area contributed by atoms with Crippen molar-refractivity contribution >= 4 is 11.3 Å². The van der Waals surface area contributed by atoms with Gasteiger partial charge in [-0.05, 0) is 17.7 Å². The predicted molar refractivity (Wildman–Crippen MR) is 64.2 cm³/mol. The highest BCUT2D eigenvalue weighted by molar-refractivity contribution is 7.09. The summed E-state index contributed by atoms with van der Waals surface area (Å²) in [5.74, 6) is 0. The summed E-state index contributed by atoms with van der Waals surface area (Å²) in [4.78, 5) is 4.87. The van der Waals surface area contributed by atoms with Gasteiger partial charge in [-0.2, -0.15) is 13.2 Å². The lowest BCUT2D eigenvalue weighted by atomic mass is 10.0. The summed E-state index contributed by atoms with van der Waals surface area (Å²) in [6.07, 6.45) is -2.16. The molecule has 0 aliphatic heterocycles. The first-order valence-electron chi connectivity index (χ1n) is 5.27. The summed E-state index contributed by atoms with van der Waals surface area (Å²) in [5.41, 5.74) is 7.40. The molecule has 2 aromatic rings. The summed E-state index contributed by atoms with van der Waals surface area (Å²) in [7, 11) is 0. The number of halogens is 3. The molecule has 0 spiro atoms. The molecular weight excluding hydrogens is 261 g/mol. The summed E-state index contributed by atoms with van der Waals surface area (Å²) in [6.45, 7) is 0. The molecule has 1 heterocycles. The first-order valence-corrected chi connectivity index (χ1v) is 6.15. The van der Waals surface area contributed by atoms with Crippen molar-refractivity contribution in [2.75, 3.05) is 0 Å². The number of hydrogen-bond acceptors (Lipinski definition) is 3. The zero-order valence-electron chi connectivity index (χ0n) is 9.32. The van der Waals surface area contributed by atoms with Crippen molar-refractivity contribution in [3.8, 4) is 0 Å². The Morgan fingerprint density at radius 1 is 1.33 bits per heavy atom. The van der Waals surface area contributed by atoms with Crippen LogP contribution in [0.3, 0.4) is 0 Å². The maximum atomic E-state index is 12.6. The number of nitrogens with two attached hydrogens (primary N) is 1. The number of rotatable bonds is 3. The summed E-state index contributed by atoms with van der Waals surface area (Å²) in [6, 6.07) is 4.69. The number of aromatic nitrogens is 1. The topological polar surface area (TPSA) is 38.9 Å². The maximum Gasteiger partial charge on any atom is 0.416 e. The second-order valence-corrected chi connectivity index (χ2v) is 4.87. The van der Waals surface area contributed by atoms with Gasteiger partial charge in [0, 0.05) is 23.5 Å². The fourth-order valence-electron chi connectivity index (χ4n) is 1.62. The number of benzene rings is 1. The van der Waals surface area contributed by atoms with Gasteiger partial charge in [0.25, 0.3) is 0 Å². The van der Waals surface area contributed by atoms with Crippen LogP contribution < -0.4 is 5.73 Å². The van der Waals surface area contributed by atoms with Crippen LogP contribution in [-0.4, -0.2) is 4.98 Å². The Hall–Kier alpha value is -1.40. The zero-order chi connectivity index (χ0) is 13.2. The molecule has 2 nitrogen and oxygen atoms in total. The van der Waals surface area contributed by atoms with Gasteiger partial charge in [0.1, 0.15) is 0 Å². The number of alkyl halides is 3. The van der Waals surface area contributed by atoms with E-state index in [1.54, 1.807) is 17.8 Å². The second kappa shape index (κ2) is 5.07. The number of thiazole rings is 1. The summed E-state index contributed by atoms with van der Waals surface area (Å²) < 4.78 is 37.7. The third-order valence-electron chi connectivity index (χ3n) is 2.55. The first kappa shape index (κ1) is 13.0. The van der Waals surface area contributed by atoms with Crippen LogP contribution in [0.2, 0.25) is 0 Å². The Bertz CT molecular complexity index is 508. The lowest BCUT2D eigenvalue weighted by molar-refractivity contribution is -0.137. The van der Waals surface area contributed by atoms with E-state index < -0.39 is 17.8 Å². The van der Waals surface area contributed by atoms with Crippen LogP contribution in [-0.2, 0) is 12.6 Å². The highest BCUT2D eigenvalue weighted by Gasteiger charge is 2.30. The molecule has 2 N–H and O–H groups in total. The molecule has 18 heavy (non-hydrogen) atoms. The van der Waals surface area contributed by atoms with E-state index in [-0.39, 0.29) is 0 Å². The maximum absolute atomic E-state index is 12.6. The van der Waals surface area contributed by atoms with Crippen molar-refractivity contribution in [2.45, 2.75) is 18.6 Å². The molecule has 0 saturated carbocycles. The zero-order valence-corrected chi connectivity index (χ0v) is 10.1. The molecule has 96 valence electrons. The van der Waals surface area contributed by atoms with E-state index in [2.05, 4.69) is 4.98 Å². The molecular formula is C12H11F3N2S. The first-order chi connectivity index (χ1) is 8.47. The molecule has 2 rings (SSSR count). The average Bonchev–Trinajstić information content (AvgIpc) is 2.81. The van der Waals surface area contributed by atoms with Crippen LogP contribution in [0.5, 0.6) is 0 Å². The van der Waals surface area contributed by atoms with Crippen LogP contribution in [0.15, 0.2) is 36.0 Å². The lowest BCUT2D eigenvalue weighted by Gasteiger charge is -2.13. The van der Waals surface area contributed by atoms with Crippen LogP contribution in [0.1, 0.15) is 22.0 Å². The highest BCUT2D eigenvalue weighted by Crippen LogP contribution is 2.31. The van der Waals surface area contributed by atoms with E-state index in [1.807, 2.05) is 0 Å². The van der Waals surface area contributed by atoms with Gasteiger partial charge in [0.05, 0.1) is 11.1 Å². The molecule has 0 saturated heterocycles. The molecule has 0 aliphatic rings. The van der Waals surface area contributed by atoms with E-state index in [1.165, 1.54) is 17.4 Å². The smallest absolute Gasteiger partial charge is 0.324 e. The number of hydrogen-bond donors (Lipinski definition) is 1. The minimum absolute atomic E-state index is 0.451. The SMILES string of the molecule is NC(Cc1cncs1)c1cccc(C(F)(F)F)c1. The molecule has 6 heteroatoms. The Labute approximate surface area is 106 Å². The fraction of sp³-hybridized carbons (Fsp3) is 0.250. The van der Waals surface area contributed by atoms with Crippen molar-refractivity contribution in [3.05, 3.63) is 52.0 Å². The monoisotopic (exact) mass is 272 g/mol. The van der Waals surface area contributed by atoms with Gasteiger partial charge in [0.2, 0.25) is 0 Å². The van der Waals surface area contributed by atoms with Crippen molar-refractivity contribution in [3.63, 3.8) is 0 Å².